The summed E-state index contributed by atoms with van der Waals surface area (Å²) in [6.07, 6.45) is 33.9. The van der Waals surface area contributed by atoms with E-state index >= 15 is 0 Å². The summed E-state index contributed by atoms with van der Waals surface area (Å²) in [6, 6.07) is -0.617. The fourth-order valence-corrected chi connectivity index (χ4v) is 4.46. The van der Waals surface area contributed by atoms with Gasteiger partial charge < -0.3 is 15.5 Å². The van der Waals surface area contributed by atoms with Crippen LogP contribution in [0.25, 0.3) is 0 Å². The topological polar surface area (TPSA) is 69.6 Å². The Morgan fingerprint density at radius 2 is 1.06 bits per heavy atom. The van der Waals surface area contributed by atoms with Crippen LogP contribution >= 0.6 is 0 Å². The summed E-state index contributed by atoms with van der Waals surface area (Å²) in [5.41, 5.74) is 0. The molecule has 1 amide bonds. The van der Waals surface area contributed by atoms with Crippen LogP contribution in [0.3, 0.4) is 0 Å². The quantitative estimate of drug-likeness (QED) is 0.0770. The lowest BCUT2D eigenvalue weighted by Gasteiger charge is -2.20. The lowest BCUT2D eigenvalue weighted by molar-refractivity contribution is -0.123. The van der Waals surface area contributed by atoms with Crippen molar-refractivity contribution in [2.24, 2.45) is 0 Å². The summed E-state index contributed by atoms with van der Waals surface area (Å²) < 4.78 is 0. The average Bonchev–Trinajstić information content (AvgIpc) is 2.88. The van der Waals surface area contributed by atoms with Crippen LogP contribution in [-0.2, 0) is 4.79 Å². The molecule has 0 spiro atoms. The SMILES string of the molecule is CCCCCC/C=C\CCCCCCCCCC(=O)NC(CO)C(O)/C=C/CCCCCCCCC. The summed E-state index contributed by atoms with van der Waals surface area (Å²) in [7, 11) is 0. The Bertz CT molecular complexity index is 518. The standard InChI is InChI=1S/C32H61NO3/c1-3-5-7-9-11-13-14-15-16-17-18-20-22-24-26-28-32(36)33-30(29-34)31(35)27-25-23-21-19-12-10-8-6-4-2/h13-14,25,27,30-31,34-35H,3-12,15-24,26,28-29H2,1-2H3,(H,33,36)/b14-13-,27-25+. The summed E-state index contributed by atoms with van der Waals surface area (Å²) >= 11 is 0. The normalized spacial score (nSPS) is 13.6. The minimum absolute atomic E-state index is 0.0740. The van der Waals surface area contributed by atoms with Crippen LogP contribution in [0, 0.1) is 0 Å². The first kappa shape index (κ1) is 34.9. The van der Waals surface area contributed by atoms with Crippen LogP contribution < -0.4 is 5.32 Å². The van der Waals surface area contributed by atoms with Crippen LogP contribution in [0.4, 0.5) is 0 Å². The summed E-state index contributed by atoms with van der Waals surface area (Å²) in [5, 5.41) is 22.7. The Kier molecular flexibility index (Phi) is 27.5. The van der Waals surface area contributed by atoms with Crippen molar-refractivity contribution in [3.63, 3.8) is 0 Å². The number of carbonyl (C=O) groups excluding carboxylic acids is 1. The third-order valence-corrected chi connectivity index (χ3v) is 6.93. The molecule has 0 aromatic rings. The molecule has 0 heterocycles. The van der Waals surface area contributed by atoms with Gasteiger partial charge >= 0.3 is 0 Å². The summed E-state index contributed by atoms with van der Waals surface area (Å²) in [4.78, 5) is 12.2. The van der Waals surface area contributed by atoms with Gasteiger partial charge in [0, 0.05) is 6.42 Å². The van der Waals surface area contributed by atoms with Crippen molar-refractivity contribution in [3.8, 4) is 0 Å². The first-order valence-electron chi connectivity index (χ1n) is 15.6. The van der Waals surface area contributed by atoms with Crippen molar-refractivity contribution < 1.29 is 15.0 Å². The molecular weight excluding hydrogens is 446 g/mol. The van der Waals surface area contributed by atoms with Gasteiger partial charge in [-0.15, -0.1) is 0 Å². The summed E-state index contributed by atoms with van der Waals surface area (Å²) in [5.74, 6) is -0.0740. The maximum atomic E-state index is 12.2. The van der Waals surface area contributed by atoms with E-state index < -0.39 is 12.1 Å². The van der Waals surface area contributed by atoms with Gasteiger partial charge in [-0.1, -0.05) is 128 Å². The zero-order valence-electron chi connectivity index (χ0n) is 24.0. The molecule has 4 nitrogen and oxygen atoms in total. The maximum Gasteiger partial charge on any atom is 0.220 e. The van der Waals surface area contributed by atoms with Gasteiger partial charge in [-0.2, -0.15) is 0 Å². The highest BCUT2D eigenvalue weighted by Gasteiger charge is 2.17. The van der Waals surface area contributed by atoms with E-state index in [1.54, 1.807) is 6.08 Å². The molecule has 0 aliphatic rings. The molecule has 0 aliphatic heterocycles. The molecule has 36 heavy (non-hydrogen) atoms. The number of nitrogens with one attached hydrogen (secondary N) is 1. The number of rotatable bonds is 27. The van der Waals surface area contributed by atoms with Gasteiger partial charge in [0.2, 0.25) is 5.91 Å². The highest BCUT2D eigenvalue weighted by molar-refractivity contribution is 5.76. The van der Waals surface area contributed by atoms with Crippen molar-refractivity contribution in [2.45, 2.75) is 167 Å². The van der Waals surface area contributed by atoms with Gasteiger partial charge in [0.15, 0.2) is 0 Å². The molecule has 2 unspecified atom stereocenters. The van der Waals surface area contributed by atoms with Gasteiger partial charge in [0.1, 0.15) is 0 Å². The van der Waals surface area contributed by atoms with E-state index in [4.69, 9.17) is 0 Å². The molecule has 3 N–H and O–H groups in total. The molecule has 212 valence electrons. The molecule has 0 aromatic heterocycles. The van der Waals surface area contributed by atoms with Crippen LogP contribution in [0.15, 0.2) is 24.3 Å². The molecule has 0 radical (unpaired) electrons. The molecule has 0 fully saturated rings. The largest absolute Gasteiger partial charge is 0.394 e. The van der Waals surface area contributed by atoms with Gasteiger partial charge in [0.25, 0.3) is 0 Å². The lowest BCUT2D eigenvalue weighted by atomic mass is 10.1. The zero-order chi connectivity index (χ0) is 26.5. The van der Waals surface area contributed by atoms with Crippen molar-refractivity contribution in [3.05, 3.63) is 24.3 Å². The Hall–Kier alpha value is -1.13. The highest BCUT2D eigenvalue weighted by Crippen LogP contribution is 2.12. The molecule has 2 atom stereocenters. The fraction of sp³-hybridized carbons (Fsp3) is 0.844. The number of aliphatic hydroxyl groups is 2. The summed E-state index contributed by atoms with van der Waals surface area (Å²) in [6.45, 7) is 4.24. The molecule has 4 heteroatoms. The van der Waals surface area contributed by atoms with Gasteiger partial charge in [-0.05, 0) is 44.9 Å². The lowest BCUT2D eigenvalue weighted by Crippen LogP contribution is -2.45. The predicted octanol–water partition coefficient (Wildman–Crippen LogP) is 8.56. The second-order valence-electron chi connectivity index (χ2n) is 10.5. The first-order chi connectivity index (χ1) is 17.7. The predicted molar refractivity (Wildman–Crippen MR) is 156 cm³/mol. The van der Waals surface area contributed by atoms with E-state index in [0.29, 0.717) is 6.42 Å². The number of hydrogen-bond donors (Lipinski definition) is 3. The molecule has 0 bridgehead atoms. The number of unbranched alkanes of at least 4 members (excludes halogenated alkanes) is 18. The Labute approximate surface area is 224 Å². The zero-order valence-corrected chi connectivity index (χ0v) is 24.0. The van der Waals surface area contributed by atoms with E-state index in [9.17, 15) is 15.0 Å². The monoisotopic (exact) mass is 507 g/mol. The number of allylic oxidation sites excluding steroid dienone is 3. The second kappa shape index (κ2) is 28.4. The maximum absolute atomic E-state index is 12.2. The third kappa shape index (κ3) is 24.6. The minimum atomic E-state index is -0.834. The van der Waals surface area contributed by atoms with Gasteiger partial charge in [-0.3, -0.25) is 4.79 Å². The van der Waals surface area contributed by atoms with Gasteiger partial charge in [0.05, 0.1) is 18.8 Å². The molecule has 0 aromatic carbocycles. The van der Waals surface area contributed by atoms with Crippen molar-refractivity contribution in [2.75, 3.05) is 6.61 Å². The van der Waals surface area contributed by atoms with E-state index in [1.807, 2.05) is 6.08 Å². The number of carbonyl (C=O) groups is 1. The second-order valence-corrected chi connectivity index (χ2v) is 10.5. The smallest absolute Gasteiger partial charge is 0.220 e. The average molecular weight is 508 g/mol. The Morgan fingerprint density at radius 1 is 0.639 bits per heavy atom. The number of amides is 1. The van der Waals surface area contributed by atoms with E-state index in [1.165, 1.54) is 109 Å². The Morgan fingerprint density at radius 3 is 1.56 bits per heavy atom. The third-order valence-electron chi connectivity index (χ3n) is 6.93. The first-order valence-corrected chi connectivity index (χ1v) is 15.6. The minimum Gasteiger partial charge on any atom is -0.394 e. The van der Waals surface area contributed by atoms with Crippen LogP contribution in [0.5, 0.6) is 0 Å². The highest BCUT2D eigenvalue weighted by atomic mass is 16.3. The number of aliphatic hydroxyl groups excluding tert-OH is 2. The van der Waals surface area contributed by atoms with E-state index in [-0.39, 0.29) is 12.5 Å². The molecule has 0 aliphatic carbocycles. The van der Waals surface area contributed by atoms with Crippen molar-refractivity contribution >= 4 is 5.91 Å². The Balaban J connectivity index is 3.66. The molecule has 0 saturated heterocycles. The van der Waals surface area contributed by atoms with Crippen LogP contribution in [-0.4, -0.2) is 34.9 Å². The molecular formula is C32H61NO3. The van der Waals surface area contributed by atoms with Crippen LogP contribution in [0.1, 0.15) is 155 Å². The van der Waals surface area contributed by atoms with Crippen molar-refractivity contribution in [1.82, 2.24) is 5.32 Å². The van der Waals surface area contributed by atoms with E-state index in [2.05, 4.69) is 31.3 Å². The molecule has 0 rings (SSSR count). The van der Waals surface area contributed by atoms with Gasteiger partial charge in [-0.25, -0.2) is 0 Å². The molecule has 0 saturated carbocycles. The van der Waals surface area contributed by atoms with E-state index in [0.717, 1.165) is 25.7 Å². The van der Waals surface area contributed by atoms with Crippen molar-refractivity contribution in [1.29, 1.82) is 0 Å². The fourth-order valence-electron chi connectivity index (χ4n) is 4.46. The van der Waals surface area contributed by atoms with Crippen LogP contribution in [0.2, 0.25) is 0 Å². The number of hydrogen-bond acceptors (Lipinski definition) is 3.